The molecule has 0 saturated carbocycles. The summed E-state index contributed by atoms with van der Waals surface area (Å²) < 4.78 is 1.76. The highest BCUT2D eigenvalue weighted by Crippen LogP contribution is 2.24. The van der Waals surface area contributed by atoms with Crippen molar-refractivity contribution in [3.05, 3.63) is 48.5 Å². The highest BCUT2D eigenvalue weighted by atomic mass is 16.3. The molecular formula is C17H23N3O2. The standard InChI is InChI=1S/C17H23N3O2/c1-3-17(4-2,12-21)11-19-16(22)15-10-18-13-20(15)14-8-6-5-7-9-14/h5-10,13,21H,3-4,11-12H2,1-2H3,(H,19,22). The third kappa shape index (κ3) is 3.36. The van der Waals surface area contributed by atoms with Crippen molar-refractivity contribution >= 4 is 5.91 Å². The lowest BCUT2D eigenvalue weighted by Crippen LogP contribution is -2.39. The van der Waals surface area contributed by atoms with Crippen LogP contribution in [0.25, 0.3) is 5.69 Å². The Morgan fingerprint density at radius 2 is 1.95 bits per heavy atom. The molecule has 22 heavy (non-hydrogen) atoms. The molecule has 118 valence electrons. The van der Waals surface area contributed by atoms with Gasteiger partial charge in [0.25, 0.3) is 5.91 Å². The van der Waals surface area contributed by atoms with Crippen LogP contribution in [0.5, 0.6) is 0 Å². The minimum absolute atomic E-state index is 0.0677. The summed E-state index contributed by atoms with van der Waals surface area (Å²) in [5.74, 6) is -0.180. The van der Waals surface area contributed by atoms with Gasteiger partial charge >= 0.3 is 0 Å². The van der Waals surface area contributed by atoms with E-state index in [1.165, 1.54) is 0 Å². The van der Waals surface area contributed by atoms with E-state index in [0.29, 0.717) is 12.2 Å². The zero-order valence-corrected chi connectivity index (χ0v) is 13.1. The van der Waals surface area contributed by atoms with Gasteiger partial charge in [-0.3, -0.25) is 9.36 Å². The number of carbonyl (C=O) groups is 1. The fraction of sp³-hybridized carbons (Fsp3) is 0.412. The lowest BCUT2D eigenvalue weighted by molar-refractivity contribution is 0.0845. The van der Waals surface area contributed by atoms with Crippen LogP contribution in [0.4, 0.5) is 0 Å². The number of rotatable bonds is 7. The van der Waals surface area contributed by atoms with E-state index in [4.69, 9.17) is 0 Å². The Kier molecular flexibility index (Phi) is 5.33. The van der Waals surface area contributed by atoms with Crippen molar-refractivity contribution in [3.8, 4) is 5.69 Å². The summed E-state index contributed by atoms with van der Waals surface area (Å²) in [5.41, 5.74) is 1.13. The molecule has 5 heteroatoms. The van der Waals surface area contributed by atoms with Crippen LogP contribution in [0.1, 0.15) is 37.2 Å². The number of aliphatic hydroxyl groups is 1. The highest BCUT2D eigenvalue weighted by molar-refractivity contribution is 5.93. The zero-order chi connectivity index (χ0) is 16.0. The van der Waals surface area contributed by atoms with Crippen molar-refractivity contribution < 1.29 is 9.90 Å². The SMILES string of the molecule is CCC(CC)(CO)CNC(=O)c1cncn1-c1ccccc1. The Morgan fingerprint density at radius 1 is 1.27 bits per heavy atom. The normalized spacial score (nSPS) is 11.4. The van der Waals surface area contributed by atoms with Gasteiger partial charge in [0.1, 0.15) is 5.69 Å². The molecule has 0 saturated heterocycles. The van der Waals surface area contributed by atoms with Gasteiger partial charge in [0.2, 0.25) is 0 Å². The van der Waals surface area contributed by atoms with Gasteiger partial charge in [0.15, 0.2) is 0 Å². The molecule has 0 aliphatic rings. The van der Waals surface area contributed by atoms with Crippen LogP contribution in [-0.4, -0.2) is 33.7 Å². The number of hydrogen-bond donors (Lipinski definition) is 2. The van der Waals surface area contributed by atoms with Crippen LogP contribution in [0.15, 0.2) is 42.9 Å². The fourth-order valence-electron chi connectivity index (χ4n) is 2.40. The largest absolute Gasteiger partial charge is 0.396 e. The van der Waals surface area contributed by atoms with Gasteiger partial charge < -0.3 is 10.4 Å². The minimum atomic E-state index is -0.257. The number of imidazole rings is 1. The van der Waals surface area contributed by atoms with Crippen LogP contribution in [0.2, 0.25) is 0 Å². The Morgan fingerprint density at radius 3 is 2.55 bits per heavy atom. The average molecular weight is 301 g/mol. The molecule has 0 atom stereocenters. The molecule has 1 aromatic carbocycles. The lowest BCUT2D eigenvalue weighted by Gasteiger charge is -2.29. The zero-order valence-electron chi connectivity index (χ0n) is 13.1. The van der Waals surface area contributed by atoms with E-state index in [1.54, 1.807) is 17.1 Å². The number of para-hydroxylation sites is 1. The van der Waals surface area contributed by atoms with Crippen LogP contribution < -0.4 is 5.32 Å². The van der Waals surface area contributed by atoms with Crippen molar-refractivity contribution in [2.24, 2.45) is 5.41 Å². The van der Waals surface area contributed by atoms with Gasteiger partial charge in [-0.15, -0.1) is 0 Å². The van der Waals surface area contributed by atoms with E-state index in [-0.39, 0.29) is 17.9 Å². The topological polar surface area (TPSA) is 67.2 Å². The number of aromatic nitrogens is 2. The van der Waals surface area contributed by atoms with E-state index >= 15 is 0 Å². The molecule has 1 heterocycles. The molecule has 0 spiro atoms. The second-order valence-corrected chi connectivity index (χ2v) is 5.53. The molecule has 0 fully saturated rings. The lowest BCUT2D eigenvalue weighted by atomic mass is 9.83. The summed E-state index contributed by atoms with van der Waals surface area (Å²) in [5, 5.41) is 12.5. The second kappa shape index (κ2) is 7.22. The Labute approximate surface area is 131 Å². The van der Waals surface area contributed by atoms with Crippen LogP contribution in [-0.2, 0) is 0 Å². The van der Waals surface area contributed by atoms with Gasteiger partial charge in [-0.2, -0.15) is 0 Å². The summed E-state index contributed by atoms with van der Waals surface area (Å²) in [6.07, 6.45) is 4.82. The summed E-state index contributed by atoms with van der Waals surface area (Å²) in [6.45, 7) is 4.58. The number of carbonyl (C=O) groups excluding carboxylic acids is 1. The van der Waals surface area contributed by atoms with Gasteiger partial charge in [0.05, 0.1) is 19.1 Å². The van der Waals surface area contributed by atoms with Gasteiger partial charge in [-0.05, 0) is 25.0 Å². The van der Waals surface area contributed by atoms with Gasteiger partial charge in [-0.25, -0.2) is 4.98 Å². The first-order valence-corrected chi connectivity index (χ1v) is 7.62. The number of benzene rings is 1. The van der Waals surface area contributed by atoms with Crippen molar-refractivity contribution in [2.75, 3.05) is 13.2 Å². The molecule has 2 N–H and O–H groups in total. The average Bonchev–Trinajstić information content (AvgIpc) is 3.07. The minimum Gasteiger partial charge on any atom is -0.396 e. The van der Waals surface area contributed by atoms with Crippen LogP contribution >= 0.6 is 0 Å². The number of amides is 1. The molecule has 1 aromatic heterocycles. The molecular weight excluding hydrogens is 278 g/mol. The maximum absolute atomic E-state index is 12.4. The second-order valence-electron chi connectivity index (χ2n) is 5.53. The summed E-state index contributed by atoms with van der Waals surface area (Å²) >= 11 is 0. The van der Waals surface area contributed by atoms with Crippen LogP contribution in [0, 0.1) is 5.41 Å². The third-order valence-electron chi connectivity index (χ3n) is 4.36. The summed E-state index contributed by atoms with van der Waals surface area (Å²) in [6, 6.07) is 9.62. The van der Waals surface area contributed by atoms with Crippen molar-refractivity contribution in [3.63, 3.8) is 0 Å². The van der Waals surface area contributed by atoms with E-state index in [1.807, 2.05) is 44.2 Å². The predicted molar refractivity (Wildman–Crippen MR) is 86.0 cm³/mol. The van der Waals surface area contributed by atoms with Crippen LogP contribution in [0.3, 0.4) is 0 Å². The number of aliphatic hydroxyl groups excluding tert-OH is 1. The molecule has 5 nitrogen and oxygen atoms in total. The molecule has 0 aliphatic heterocycles. The number of nitrogens with one attached hydrogen (secondary N) is 1. The molecule has 2 rings (SSSR count). The van der Waals surface area contributed by atoms with E-state index in [2.05, 4.69) is 10.3 Å². The quantitative estimate of drug-likeness (QED) is 0.825. The predicted octanol–water partition coefficient (Wildman–Crippen LogP) is 2.40. The van der Waals surface area contributed by atoms with Gasteiger partial charge in [-0.1, -0.05) is 32.0 Å². The molecule has 1 amide bonds. The molecule has 0 unspecified atom stereocenters. The van der Waals surface area contributed by atoms with Crippen molar-refractivity contribution in [1.82, 2.24) is 14.9 Å². The monoisotopic (exact) mass is 301 g/mol. The molecule has 0 aliphatic carbocycles. The Balaban J connectivity index is 2.13. The Bertz CT molecular complexity index is 595. The smallest absolute Gasteiger partial charge is 0.269 e. The molecule has 0 radical (unpaired) electrons. The number of nitrogens with zero attached hydrogens (tertiary/aromatic N) is 2. The summed E-state index contributed by atoms with van der Waals surface area (Å²) in [4.78, 5) is 16.5. The van der Waals surface area contributed by atoms with E-state index < -0.39 is 0 Å². The molecule has 0 bridgehead atoms. The van der Waals surface area contributed by atoms with Crippen molar-refractivity contribution in [2.45, 2.75) is 26.7 Å². The first kappa shape index (κ1) is 16.2. The fourth-order valence-corrected chi connectivity index (χ4v) is 2.40. The first-order chi connectivity index (χ1) is 10.7. The maximum Gasteiger partial charge on any atom is 0.269 e. The van der Waals surface area contributed by atoms with Crippen molar-refractivity contribution in [1.29, 1.82) is 0 Å². The first-order valence-electron chi connectivity index (χ1n) is 7.62. The highest BCUT2D eigenvalue weighted by Gasteiger charge is 2.26. The number of hydrogen-bond acceptors (Lipinski definition) is 3. The Hall–Kier alpha value is -2.14. The third-order valence-corrected chi connectivity index (χ3v) is 4.36. The van der Waals surface area contributed by atoms with E-state index in [0.717, 1.165) is 18.5 Å². The maximum atomic E-state index is 12.4. The molecule has 2 aromatic rings. The van der Waals surface area contributed by atoms with Gasteiger partial charge in [0, 0.05) is 17.6 Å². The summed E-state index contributed by atoms with van der Waals surface area (Å²) in [7, 11) is 0. The van der Waals surface area contributed by atoms with E-state index in [9.17, 15) is 9.90 Å².